The highest BCUT2D eigenvalue weighted by Crippen LogP contribution is 2.32. The maximum Gasteiger partial charge on any atom is 0.241 e. The van der Waals surface area contributed by atoms with Crippen molar-refractivity contribution in [3.8, 4) is 0 Å². The first-order valence-corrected chi connectivity index (χ1v) is 16.3. The molecular formula is C31H34Cl2FN3O3S. The van der Waals surface area contributed by atoms with Crippen LogP contribution in [-0.4, -0.2) is 32.3 Å². The van der Waals surface area contributed by atoms with E-state index in [-0.39, 0.29) is 33.3 Å². The van der Waals surface area contributed by atoms with E-state index in [2.05, 4.69) is 33.1 Å². The van der Waals surface area contributed by atoms with E-state index in [1.165, 1.54) is 66.8 Å². The van der Waals surface area contributed by atoms with Gasteiger partial charge in [-0.15, -0.1) is 0 Å². The molecule has 218 valence electrons. The molecule has 1 saturated heterocycles. The number of fused-ring (bicyclic) bond motifs is 1. The second-order valence-corrected chi connectivity index (χ2v) is 13.4. The molecule has 0 spiro atoms. The van der Waals surface area contributed by atoms with Gasteiger partial charge in [0, 0.05) is 13.0 Å². The first-order valence-electron chi connectivity index (χ1n) is 14.0. The molecule has 1 aliphatic carbocycles. The van der Waals surface area contributed by atoms with E-state index in [0.29, 0.717) is 5.56 Å². The van der Waals surface area contributed by atoms with Gasteiger partial charge in [-0.1, -0.05) is 60.0 Å². The van der Waals surface area contributed by atoms with Gasteiger partial charge in [-0.25, -0.2) is 17.5 Å². The van der Waals surface area contributed by atoms with Crippen LogP contribution in [0.25, 0.3) is 0 Å². The Hall–Kier alpha value is -2.49. The average Bonchev–Trinajstić information content (AvgIpc) is 2.94. The summed E-state index contributed by atoms with van der Waals surface area (Å²) in [5, 5.41) is 3.42. The molecule has 2 aliphatic rings. The summed E-state index contributed by atoms with van der Waals surface area (Å²) < 4.78 is 43.2. The number of benzene rings is 3. The number of piperidine rings is 1. The van der Waals surface area contributed by atoms with E-state index in [1.807, 2.05) is 0 Å². The molecule has 3 aromatic carbocycles. The third-order valence-electron chi connectivity index (χ3n) is 7.85. The van der Waals surface area contributed by atoms with Crippen molar-refractivity contribution in [1.29, 1.82) is 0 Å². The highest BCUT2D eigenvalue weighted by atomic mass is 35.5. The van der Waals surface area contributed by atoms with Crippen molar-refractivity contribution in [2.24, 2.45) is 0 Å². The number of amides is 1. The maximum atomic E-state index is 14.1. The van der Waals surface area contributed by atoms with Crippen LogP contribution in [0.5, 0.6) is 0 Å². The number of nitrogens with zero attached hydrogens (tertiary/aromatic N) is 1. The lowest BCUT2D eigenvalue weighted by molar-refractivity contribution is -0.122. The monoisotopic (exact) mass is 617 g/mol. The van der Waals surface area contributed by atoms with Crippen LogP contribution in [-0.2, 0) is 27.8 Å². The van der Waals surface area contributed by atoms with E-state index >= 15 is 0 Å². The molecule has 2 N–H and O–H groups in total. The Kier molecular flexibility index (Phi) is 9.66. The molecule has 2 unspecified atom stereocenters. The fourth-order valence-electron chi connectivity index (χ4n) is 5.78. The maximum absolute atomic E-state index is 14.1. The fraction of sp³-hybridized carbons (Fsp3) is 0.387. The van der Waals surface area contributed by atoms with Gasteiger partial charge in [-0.3, -0.25) is 9.69 Å². The minimum Gasteiger partial charge on any atom is -0.349 e. The number of sulfonamides is 1. The van der Waals surface area contributed by atoms with Gasteiger partial charge >= 0.3 is 0 Å². The number of rotatable bonds is 9. The largest absolute Gasteiger partial charge is 0.349 e. The number of carbonyl (C=O) groups excluding carboxylic acids is 1. The van der Waals surface area contributed by atoms with Crippen molar-refractivity contribution in [1.82, 2.24) is 14.9 Å². The number of hydrogen-bond donors (Lipinski definition) is 2. The molecule has 0 bridgehead atoms. The van der Waals surface area contributed by atoms with Crippen molar-refractivity contribution in [3.05, 3.63) is 98.8 Å². The van der Waals surface area contributed by atoms with Crippen LogP contribution >= 0.6 is 23.2 Å². The Morgan fingerprint density at radius 3 is 2.54 bits per heavy atom. The zero-order chi connectivity index (χ0) is 29.0. The average molecular weight is 619 g/mol. The zero-order valence-corrected chi connectivity index (χ0v) is 25.0. The van der Waals surface area contributed by atoms with Crippen molar-refractivity contribution in [2.45, 2.75) is 68.5 Å². The van der Waals surface area contributed by atoms with Gasteiger partial charge < -0.3 is 5.32 Å². The van der Waals surface area contributed by atoms with Gasteiger partial charge in [0.05, 0.1) is 27.0 Å². The number of nitrogens with one attached hydrogen (secondary N) is 2. The van der Waals surface area contributed by atoms with Crippen molar-refractivity contribution in [3.63, 3.8) is 0 Å². The van der Waals surface area contributed by atoms with Gasteiger partial charge in [0.1, 0.15) is 5.82 Å². The molecule has 2 atom stereocenters. The normalized spacial score (nSPS) is 18.5. The molecule has 0 aromatic heterocycles. The van der Waals surface area contributed by atoms with E-state index < -0.39 is 21.9 Å². The molecule has 1 aliphatic heterocycles. The summed E-state index contributed by atoms with van der Waals surface area (Å²) >= 11 is 12.0. The zero-order valence-electron chi connectivity index (χ0n) is 22.7. The van der Waals surface area contributed by atoms with Crippen LogP contribution in [0, 0.1) is 5.82 Å². The fourth-order valence-corrected chi connectivity index (χ4v) is 7.39. The molecule has 0 saturated carbocycles. The quantitative estimate of drug-likeness (QED) is 0.279. The first-order chi connectivity index (χ1) is 19.7. The number of carbonyl (C=O) groups is 1. The predicted octanol–water partition coefficient (Wildman–Crippen LogP) is 6.72. The molecular weight excluding hydrogens is 584 g/mol. The van der Waals surface area contributed by atoms with Gasteiger partial charge in [0.25, 0.3) is 0 Å². The minimum atomic E-state index is -4.10. The van der Waals surface area contributed by atoms with E-state index in [0.717, 1.165) is 44.5 Å². The smallest absolute Gasteiger partial charge is 0.241 e. The number of aryl methyl sites for hydroxylation is 1. The number of likely N-dealkylation sites (tertiary alicyclic amines) is 1. The predicted molar refractivity (Wildman–Crippen MR) is 160 cm³/mol. The Balaban J connectivity index is 1.31. The SMILES string of the molecule is O=C(CC(NS(=O)(=O)c1ccc(Cl)c(Cl)c1)c1cccc(F)c1)NC1CCCc2cc(CN3CCCCC3)ccc21. The van der Waals surface area contributed by atoms with Crippen molar-refractivity contribution < 1.29 is 17.6 Å². The van der Waals surface area contributed by atoms with Crippen LogP contribution in [0.4, 0.5) is 4.39 Å². The standard InChI is InChI=1S/C31H34Cl2FN3O3S/c32-27-13-11-25(18-28(27)33)41(39,40)36-30(23-7-4-8-24(34)17-23)19-31(38)35-29-9-5-6-22-16-21(10-12-26(22)29)20-37-14-2-1-3-15-37/h4,7-8,10-13,16-18,29-30,36H,1-3,5-6,9,14-15,19-20H2,(H,35,38). The highest BCUT2D eigenvalue weighted by Gasteiger charge is 2.28. The summed E-state index contributed by atoms with van der Waals surface area (Å²) in [6, 6.07) is 14.9. The Bertz CT molecular complexity index is 1510. The van der Waals surface area contributed by atoms with E-state index in [1.54, 1.807) is 6.07 Å². The van der Waals surface area contributed by atoms with Crippen LogP contribution in [0.1, 0.15) is 72.9 Å². The molecule has 10 heteroatoms. The summed E-state index contributed by atoms with van der Waals surface area (Å²) in [6.07, 6.45) is 6.30. The summed E-state index contributed by atoms with van der Waals surface area (Å²) in [4.78, 5) is 15.8. The van der Waals surface area contributed by atoms with Crippen LogP contribution < -0.4 is 10.0 Å². The molecule has 1 amide bonds. The lowest BCUT2D eigenvalue weighted by atomic mass is 9.86. The van der Waals surface area contributed by atoms with Gasteiger partial charge in [0.15, 0.2) is 0 Å². The summed E-state index contributed by atoms with van der Waals surface area (Å²) in [5.74, 6) is -0.852. The Labute approximate surface area is 251 Å². The summed E-state index contributed by atoms with van der Waals surface area (Å²) in [5.41, 5.74) is 3.99. The van der Waals surface area contributed by atoms with Crippen molar-refractivity contribution in [2.75, 3.05) is 13.1 Å². The lowest BCUT2D eigenvalue weighted by Crippen LogP contribution is -2.36. The minimum absolute atomic E-state index is 0.0876. The molecule has 1 fully saturated rings. The molecule has 3 aromatic rings. The molecule has 1 heterocycles. The lowest BCUT2D eigenvalue weighted by Gasteiger charge is -2.29. The molecule has 41 heavy (non-hydrogen) atoms. The number of halogens is 3. The highest BCUT2D eigenvalue weighted by molar-refractivity contribution is 7.89. The first kappa shape index (κ1) is 30.0. The van der Waals surface area contributed by atoms with Crippen LogP contribution in [0.3, 0.4) is 0 Å². The summed E-state index contributed by atoms with van der Waals surface area (Å²) in [7, 11) is -4.10. The van der Waals surface area contributed by atoms with Gasteiger partial charge in [0.2, 0.25) is 15.9 Å². The Morgan fingerprint density at radius 2 is 1.78 bits per heavy atom. The Morgan fingerprint density at radius 1 is 0.976 bits per heavy atom. The number of hydrogen-bond acceptors (Lipinski definition) is 4. The van der Waals surface area contributed by atoms with Gasteiger partial charge in [-0.2, -0.15) is 0 Å². The molecule has 0 radical (unpaired) electrons. The second-order valence-electron chi connectivity index (χ2n) is 10.9. The van der Waals surface area contributed by atoms with Gasteiger partial charge in [-0.05, 0) is 97.8 Å². The third-order valence-corrected chi connectivity index (χ3v) is 10.1. The molecule has 5 rings (SSSR count). The third kappa shape index (κ3) is 7.67. The second kappa shape index (κ2) is 13.2. The summed E-state index contributed by atoms with van der Waals surface area (Å²) in [6.45, 7) is 3.21. The topological polar surface area (TPSA) is 78.5 Å². The van der Waals surface area contributed by atoms with E-state index in [9.17, 15) is 17.6 Å². The molecule has 6 nitrogen and oxygen atoms in total. The van der Waals surface area contributed by atoms with Crippen LogP contribution in [0.2, 0.25) is 10.0 Å². The van der Waals surface area contributed by atoms with Crippen LogP contribution in [0.15, 0.2) is 65.6 Å². The van der Waals surface area contributed by atoms with E-state index in [4.69, 9.17) is 23.2 Å². The van der Waals surface area contributed by atoms with Crippen molar-refractivity contribution >= 4 is 39.1 Å².